The van der Waals surface area contributed by atoms with Crippen LogP contribution in [0.25, 0.3) is 0 Å². The first-order valence-corrected chi connectivity index (χ1v) is 7.48. The molecule has 0 aromatic carbocycles. The number of nitrogens with zero attached hydrogens (tertiary/aromatic N) is 2. The van der Waals surface area contributed by atoms with Crippen molar-refractivity contribution in [3.8, 4) is 6.07 Å². The van der Waals surface area contributed by atoms with Gasteiger partial charge in [-0.3, -0.25) is 0 Å². The fourth-order valence-electron chi connectivity index (χ4n) is 1.61. The molecule has 1 saturated heterocycles. The fourth-order valence-corrected chi connectivity index (χ4v) is 4.33. The van der Waals surface area contributed by atoms with Crippen molar-refractivity contribution in [3.05, 3.63) is 17.0 Å². The lowest BCUT2D eigenvalue weighted by Gasteiger charge is -2.17. The number of hydrogen-bond donors (Lipinski definition) is 0. The average molecular weight is 272 g/mol. The van der Waals surface area contributed by atoms with Gasteiger partial charge >= 0.3 is 0 Å². The van der Waals surface area contributed by atoms with Gasteiger partial charge in [0, 0.05) is 19.7 Å². The maximum Gasteiger partial charge on any atom is 0.252 e. The van der Waals surface area contributed by atoms with E-state index >= 15 is 0 Å². The summed E-state index contributed by atoms with van der Waals surface area (Å²) in [6.07, 6.45) is 0.704. The van der Waals surface area contributed by atoms with Gasteiger partial charge in [-0.2, -0.15) is 9.57 Å². The topological polar surface area (TPSA) is 70.4 Å². The van der Waals surface area contributed by atoms with Crippen LogP contribution in [0.2, 0.25) is 0 Å². The van der Waals surface area contributed by atoms with Crippen molar-refractivity contribution in [1.29, 1.82) is 5.26 Å². The molecule has 0 bridgehead atoms. The summed E-state index contributed by atoms with van der Waals surface area (Å²) in [7, 11) is -3.45. The molecule has 1 aliphatic rings. The number of hydrogen-bond acceptors (Lipinski definition) is 5. The molecule has 5 nitrogen and oxygen atoms in total. The van der Waals surface area contributed by atoms with E-state index in [1.54, 1.807) is 0 Å². The maximum atomic E-state index is 12.2. The first-order valence-electron chi connectivity index (χ1n) is 5.22. The first kappa shape index (κ1) is 12.5. The Balaban J connectivity index is 2.25. The Morgan fingerprint density at radius 1 is 1.35 bits per heavy atom. The van der Waals surface area contributed by atoms with Crippen molar-refractivity contribution in [2.75, 3.05) is 26.3 Å². The number of thiophene rings is 1. The second kappa shape index (κ2) is 5.14. The van der Waals surface area contributed by atoms with E-state index in [0.717, 1.165) is 11.3 Å². The van der Waals surface area contributed by atoms with Crippen LogP contribution in [0.1, 0.15) is 11.3 Å². The van der Waals surface area contributed by atoms with Crippen LogP contribution in [0, 0.1) is 11.3 Å². The molecule has 1 aliphatic heterocycles. The highest BCUT2D eigenvalue weighted by atomic mass is 32.2. The summed E-state index contributed by atoms with van der Waals surface area (Å²) in [4.78, 5) is 0.412. The number of rotatable bonds is 2. The molecule has 1 fully saturated rings. The van der Waals surface area contributed by atoms with Crippen LogP contribution in [0.4, 0.5) is 0 Å². The minimum atomic E-state index is -3.45. The van der Waals surface area contributed by atoms with Crippen LogP contribution in [-0.4, -0.2) is 39.0 Å². The van der Waals surface area contributed by atoms with Gasteiger partial charge < -0.3 is 4.74 Å². The maximum absolute atomic E-state index is 12.2. The van der Waals surface area contributed by atoms with E-state index in [2.05, 4.69) is 0 Å². The molecule has 17 heavy (non-hydrogen) atoms. The average Bonchev–Trinajstić information content (AvgIpc) is 2.64. The smallest absolute Gasteiger partial charge is 0.252 e. The lowest BCUT2D eigenvalue weighted by Crippen LogP contribution is -2.32. The first-order chi connectivity index (χ1) is 8.14. The Kier molecular flexibility index (Phi) is 3.79. The molecule has 7 heteroatoms. The second-order valence-electron chi connectivity index (χ2n) is 3.60. The number of ether oxygens (including phenoxy) is 1. The van der Waals surface area contributed by atoms with Crippen LogP contribution in [0.15, 0.2) is 16.3 Å². The molecule has 0 N–H and O–H groups in total. The van der Waals surface area contributed by atoms with E-state index in [9.17, 15) is 8.42 Å². The van der Waals surface area contributed by atoms with Gasteiger partial charge in [0.15, 0.2) is 0 Å². The molecular weight excluding hydrogens is 260 g/mol. The summed E-state index contributed by atoms with van der Waals surface area (Å²) in [5.74, 6) is 0. The zero-order valence-electron chi connectivity index (χ0n) is 9.13. The third kappa shape index (κ3) is 2.66. The van der Waals surface area contributed by atoms with Crippen LogP contribution >= 0.6 is 11.3 Å². The Labute approximate surface area is 104 Å². The highest BCUT2D eigenvalue weighted by Crippen LogP contribution is 2.24. The van der Waals surface area contributed by atoms with Crippen molar-refractivity contribution >= 4 is 21.4 Å². The second-order valence-corrected chi connectivity index (χ2v) is 6.85. The molecule has 0 spiro atoms. The lowest BCUT2D eigenvalue weighted by molar-refractivity contribution is 0.148. The van der Waals surface area contributed by atoms with Crippen molar-refractivity contribution in [1.82, 2.24) is 4.31 Å². The molecule has 1 aromatic heterocycles. The normalized spacial score (nSPS) is 18.5. The highest BCUT2D eigenvalue weighted by Gasteiger charge is 2.26. The lowest BCUT2D eigenvalue weighted by atomic mass is 10.5. The van der Waals surface area contributed by atoms with Crippen LogP contribution < -0.4 is 0 Å². The van der Waals surface area contributed by atoms with Gasteiger partial charge in [0.05, 0.1) is 6.61 Å². The molecule has 92 valence electrons. The third-order valence-electron chi connectivity index (χ3n) is 2.47. The summed E-state index contributed by atoms with van der Waals surface area (Å²) >= 11 is 1.01. The summed E-state index contributed by atoms with van der Waals surface area (Å²) in [6, 6.07) is 4.97. The quantitative estimate of drug-likeness (QED) is 0.806. The van der Waals surface area contributed by atoms with Crippen molar-refractivity contribution < 1.29 is 13.2 Å². The molecule has 2 rings (SSSR count). The fraction of sp³-hybridized carbons (Fsp3) is 0.500. The number of nitriles is 1. The minimum Gasteiger partial charge on any atom is -0.380 e. The van der Waals surface area contributed by atoms with Crippen molar-refractivity contribution in [2.24, 2.45) is 0 Å². The van der Waals surface area contributed by atoms with Crippen LogP contribution in [-0.2, 0) is 14.8 Å². The van der Waals surface area contributed by atoms with Gasteiger partial charge in [0.2, 0.25) is 0 Å². The van der Waals surface area contributed by atoms with Crippen LogP contribution in [0.5, 0.6) is 0 Å². The summed E-state index contributed by atoms with van der Waals surface area (Å²) in [5, 5.41) is 8.70. The van der Waals surface area contributed by atoms with Gasteiger partial charge in [-0.25, -0.2) is 8.42 Å². The molecule has 2 heterocycles. The van der Waals surface area contributed by atoms with Gasteiger partial charge in [0.1, 0.15) is 15.2 Å². The Bertz CT molecular complexity index is 522. The molecule has 1 aromatic rings. The Morgan fingerprint density at radius 3 is 2.88 bits per heavy atom. The predicted molar refractivity (Wildman–Crippen MR) is 63.2 cm³/mol. The van der Waals surface area contributed by atoms with E-state index in [0.29, 0.717) is 37.6 Å². The van der Waals surface area contributed by atoms with Gasteiger partial charge in [-0.05, 0) is 18.6 Å². The van der Waals surface area contributed by atoms with E-state index in [1.165, 1.54) is 16.4 Å². The number of sulfonamides is 1. The van der Waals surface area contributed by atoms with E-state index in [4.69, 9.17) is 10.00 Å². The monoisotopic (exact) mass is 272 g/mol. The van der Waals surface area contributed by atoms with Gasteiger partial charge in [0.25, 0.3) is 10.0 Å². The molecule has 0 aliphatic carbocycles. The van der Waals surface area contributed by atoms with E-state index in [1.807, 2.05) is 6.07 Å². The standard InChI is InChI=1S/C10H12N2O3S2/c11-8-9-2-3-10(16-9)17(13,14)12-4-1-6-15-7-5-12/h2-3H,1,4-7H2. The SMILES string of the molecule is N#Cc1ccc(S(=O)(=O)N2CCCOCC2)s1. The summed E-state index contributed by atoms with van der Waals surface area (Å²) in [6.45, 7) is 1.87. The van der Waals surface area contributed by atoms with Gasteiger partial charge in [-0.15, -0.1) is 11.3 Å². The summed E-state index contributed by atoms with van der Waals surface area (Å²) in [5.41, 5.74) is 0. The minimum absolute atomic E-state index is 0.232. The predicted octanol–water partition coefficient (Wildman–Crippen LogP) is 1.03. The largest absolute Gasteiger partial charge is 0.380 e. The van der Waals surface area contributed by atoms with Gasteiger partial charge in [-0.1, -0.05) is 0 Å². The molecular formula is C10H12N2O3S2. The van der Waals surface area contributed by atoms with Crippen molar-refractivity contribution in [3.63, 3.8) is 0 Å². The van der Waals surface area contributed by atoms with E-state index < -0.39 is 10.0 Å². The van der Waals surface area contributed by atoms with E-state index in [-0.39, 0.29) is 4.21 Å². The Hall–Kier alpha value is -0.940. The Morgan fingerprint density at radius 2 is 2.18 bits per heavy atom. The van der Waals surface area contributed by atoms with Crippen molar-refractivity contribution in [2.45, 2.75) is 10.6 Å². The molecule has 0 radical (unpaired) electrons. The van der Waals surface area contributed by atoms with Crippen LogP contribution in [0.3, 0.4) is 0 Å². The molecule has 0 atom stereocenters. The third-order valence-corrected chi connectivity index (χ3v) is 5.82. The molecule has 0 amide bonds. The molecule has 0 saturated carbocycles. The summed E-state index contributed by atoms with van der Waals surface area (Å²) < 4.78 is 31.4. The highest BCUT2D eigenvalue weighted by molar-refractivity contribution is 7.91. The zero-order chi connectivity index (χ0) is 12.3. The zero-order valence-corrected chi connectivity index (χ0v) is 10.8. The molecule has 0 unspecified atom stereocenters.